The minimum Gasteiger partial charge on any atom is -0.350 e. The van der Waals surface area contributed by atoms with Crippen molar-refractivity contribution in [1.29, 1.82) is 0 Å². The molecule has 26 heavy (non-hydrogen) atoms. The monoisotopic (exact) mass is 367 g/mol. The number of benzene rings is 1. The van der Waals surface area contributed by atoms with Crippen LogP contribution in [0, 0.1) is 6.92 Å². The molecule has 134 valence electrons. The van der Waals surface area contributed by atoms with Crippen molar-refractivity contribution < 1.29 is 0 Å². The van der Waals surface area contributed by atoms with E-state index in [0.717, 1.165) is 27.7 Å². The molecule has 1 aromatic carbocycles. The highest BCUT2D eigenvalue weighted by Gasteiger charge is 2.14. The zero-order valence-electron chi connectivity index (χ0n) is 15.3. The van der Waals surface area contributed by atoms with Crippen LogP contribution in [0.3, 0.4) is 0 Å². The minimum atomic E-state index is -0.156. The lowest BCUT2D eigenvalue weighted by atomic mass is 10.1. The Morgan fingerprint density at radius 3 is 2.42 bits per heavy atom. The van der Waals surface area contributed by atoms with Gasteiger partial charge in [0.1, 0.15) is 5.82 Å². The van der Waals surface area contributed by atoms with Gasteiger partial charge in [-0.05, 0) is 63.6 Å². The summed E-state index contributed by atoms with van der Waals surface area (Å²) < 4.78 is 0. The van der Waals surface area contributed by atoms with Crippen LogP contribution in [0.1, 0.15) is 26.3 Å². The summed E-state index contributed by atoms with van der Waals surface area (Å²) in [6.07, 6.45) is 1.75. The van der Waals surface area contributed by atoms with Gasteiger partial charge in [-0.3, -0.25) is 4.98 Å². The third-order valence-electron chi connectivity index (χ3n) is 3.57. The number of rotatable bonds is 4. The molecular weight excluding hydrogens is 346 g/mol. The quantitative estimate of drug-likeness (QED) is 0.641. The van der Waals surface area contributed by atoms with Crippen molar-refractivity contribution in [2.45, 2.75) is 33.2 Å². The van der Waals surface area contributed by atoms with Gasteiger partial charge in [0.15, 0.2) is 0 Å². The molecule has 2 N–H and O–H groups in total. The number of pyridine rings is 1. The van der Waals surface area contributed by atoms with Gasteiger partial charge in [0.05, 0.1) is 11.4 Å². The number of nitrogens with zero attached hydrogens (tertiary/aromatic N) is 3. The van der Waals surface area contributed by atoms with Crippen molar-refractivity contribution in [3.05, 3.63) is 59.2 Å². The maximum Gasteiger partial charge on any atom is 0.225 e. The summed E-state index contributed by atoms with van der Waals surface area (Å²) in [5, 5.41) is 7.40. The highest BCUT2D eigenvalue weighted by molar-refractivity contribution is 6.31. The van der Waals surface area contributed by atoms with Crippen molar-refractivity contribution in [2.24, 2.45) is 0 Å². The van der Waals surface area contributed by atoms with Gasteiger partial charge in [-0.25, -0.2) is 4.98 Å². The molecular formula is C20H22ClN5. The molecule has 0 unspecified atom stereocenters. The zero-order valence-corrected chi connectivity index (χ0v) is 16.1. The van der Waals surface area contributed by atoms with Gasteiger partial charge in [0.25, 0.3) is 0 Å². The van der Waals surface area contributed by atoms with E-state index in [1.807, 2.05) is 49.4 Å². The van der Waals surface area contributed by atoms with E-state index in [1.54, 1.807) is 6.20 Å². The van der Waals surface area contributed by atoms with E-state index < -0.39 is 0 Å². The molecule has 2 heterocycles. The van der Waals surface area contributed by atoms with Crippen molar-refractivity contribution >= 4 is 29.1 Å². The fourth-order valence-electron chi connectivity index (χ4n) is 2.42. The van der Waals surface area contributed by atoms with Crippen LogP contribution in [0.2, 0.25) is 5.02 Å². The molecule has 3 aromatic rings. The molecule has 0 saturated heterocycles. The predicted octanol–water partition coefficient (Wildman–Crippen LogP) is 5.45. The van der Waals surface area contributed by atoms with Crippen molar-refractivity contribution in [2.75, 3.05) is 10.6 Å². The summed E-state index contributed by atoms with van der Waals surface area (Å²) in [5.74, 6) is 1.24. The number of aromatic nitrogens is 3. The van der Waals surface area contributed by atoms with Gasteiger partial charge in [0.2, 0.25) is 5.95 Å². The van der Waals surface area contributed by atoms with Gasteiger partial charge < -0.3 is 10.6 Å². The highest BCUT2D eigenvalue weighted by Crippen LogP contribution is 2.25. The summed E-state index contributed by atoms with van der Waals surface area (Å²) in [5.41, 5.74) is 3.31. The predicted molar refractivity (Wildman–Crippen MR) is 108 cm³/mol. The molecule has 0 fully saturated rings. The van der Waals surface area contributed by atoms with Gasteiger partial charge in [-0.15, -0.1) is 0 Å². The summed E-state index contributed by atoms with van der Waals surface area (Å²) in [6, 6.07) is 13.4. The normalized spacial score (nSPS) is 11.3. The topological polar surface area (TPSA) is 62.7 Å². The zero-order chi connectivity index (χ0) is 18.7. The number of nitrogens with one attached hydrogen (secondary N) is 2. The Morgan fingerprint density at radius 1 is 0.962 bits per heavy atom. The van der Waals surface area contributed by atoms with E-state index in [0.29, 0.717) is 11.8 Å². The van der Waals surface area contributed by atoms with Crippen LogP contribution in [0.5, 0.6) is 0 Å². The SMILES string of the molecule is Cc1cc(Nc2cc(-c3ccccn3)nc(NC(C)(C)C)n2)ccc1Cl. The van der Waals surface area contributed by atoms with Crippen LogP contribution in [-0.4, -0.2) is 20.5 Å². The lowest BCUT2D eigenvalue weighted by molar-refractivity contribution is 0.626. The summed E-state index contributed by atoms with van der Waals surface area (Å²) in [4.78, 5) is 13.6. The largest absolute Gasteiger partial charge is 0.350 e. The number of hydrogen-bond acceptors (Lipinski definition) is 5. The highest BCUT2D eigenvalue weighted by atomic mass is 35.5. The van der Waals surface area contributed by atoms with E-state index in [2.05, 4.69) is 46.4 Å². The molecule has 5 nitrogen and oxygen atoms in total. The average molecular weight is 368 g/mol. The van der Waals surface area contributed by atoms with E-state index in [-0.39, 0.29) is 5.54 Å². The van der Waals surface area contributed by atoms with E-state index in [1.165, 1.54) is 0 Å². The molecule has 0 aliphatic heterocycles. The lowest BCUT2D eigenvalue weighted by Gasteiger charge is -2.21. The molecule has 3 rings (SSSR count). The number of hydrogen-bond donors (Lipinski definition) is 2. The van der Waals surface area contributed by atoms with Gasteiger partial charge in [-0.2, -0.15) is 4.98 Å². The smallest absolute Gasteiger partial charge is 0.225 e. The summed E-state index contributed by atoms with van der Waals surface area (Å²) in [6.45, 7) is 8.18. The lowest BCUT2D eigenvalue weighted by Crippen LogP contribution is -2.27. The number of anilines is 3. The van der Waals surface area contributed by atoms with Crippen LogP contribution in [0.4, 0.5) is 17.5 Å². The molecule has 0 saturated carbocycles. The Hall–Kier alpha value is -2.66. The van der Waals surface area contributed by atoms with Crippen LogP contribution in [-0.2, 0) is 0 Å². The first kappa shape index (κ1) is 18.1. The second kappa shape index (κ2) is 7.30. The molecule has 2 aromatic heterocycles. The Labute approximate surface area is 158 Å². The van der Waals surface area contributed by atoms with Gasteiger partial charge >= 0.3 is 0 Å². The first-order valence-corrected chi connectivity index (χ1v) is 8.80. The second-order valence-corrected chi connectivity index (χ2v) is 7.55. The number of halogens is 1. The van der Waals surface area contributed by atoms with E-state index in [4.69, 9.17) is 11.6 Å². The summed E-state index contributed by atoms with van der Waals surface area (Å²) >= 11 is 6.12. The fourth-order valence-corrected chi connectivity index (χ4v) is 2.54. The van der Waals surface area contributed by atoms with Crippen LogP contribution in [0.15, 0.2) is 48.7 Å². The maximum atomic E-state index is 6.12. The molecule has 6 heteroatoms. The molecule has 0 radical (unpaired) electrons. The van der Waals surface area contributed by atoms with Gasteiger partial charge in [0, 0.05) is 28.5 Å². The summed E-state index contributed by atoms with van der Waals surface area (Å²) in [7, 11) is 0. The Bertz CT molecular complexity index is 904. The van der Waals surface area contributed by atoms with Gasteiger partial charge in [-0.1, -0.05) is 17.7 Å². The molecule has 0 amide bonds. The minimum absolute atomic E-state index is 0.156. The first-order valence-electron chi connectivity index (χ1n) is 8.42. The van der Waals surface area contributed by atoms with Crippen LogP contribution in [0.25, 0.3) is 11.4 Å². The van der Waals surface area contributed by atoms with Crippen molar-refractivity contribution in [3.8, 4) is 11.4 Å². The fraction of sp³-hybridized carbons (Fsp3) is 0.250. The molecule has 0 atom stereocenters. The standard InChI is InChI=1S/C20H22ClN5/c1-13-11-14(8-9-15(13)21)23-18-12-17(16-7-5-6-10-22-16)24-19(25-18)26-20(2,3)4/h5-12H,1-4H3,(H2,23,24,25,26). The van der Waals surface area contributed by atoms with Crippen molar-refractivity contribution in [3.63, 3.8) is 0 Å². The maximum absolute atomic E-state index is 6.12. The third-order valence-corrected chi connectivity index (χ3v) is 3.99. The second-order valence-electron chi connectivity index (χ2n) is 7.14. The first-order chi connectivity index (χ1) is 12.3. The number of aryl methyl sites for hydroxylation is 1. The van der Waals surface area contributed by atoms with Crippen LogP contribution < -0.4 is 10.6 Å². The van der Waals surface area contributed by atoms with E-state index in [9.17, 15) is 0 Å². The molecule has 0 spiro atoms. The Kier molecular flexibility index (Phi) is 5.09. The molecule has 0 bridgehead atoms. The molecule has 0 aliphatic carbocycles. The molecule has 0 aliphatic rings. The van der Waals surface area contributed by atoms with E-state index >= 15 is 0 Å². The Balaban J connectivity index is 2.00. The Morgan fingerprint density at radius 2 is 1.77 bits per heavy atom. The van der Waals surface area contributed by atoms with Crippen molar-refractivity contribution in [1.82, 2.24) is 15.0 Å². The average Bonchev–Trinajstić information content (AvgIpc) is 2.57. The third kappa shape index (κ3) is 4.70. The van der Waals surface area contributed by atoms with Crippen LogP contribution >= 0.6 is 11.6 Å².